The van der Waals surface area contributed by atoms with E-state index in [-0.39, 0.29) is 0 Å². The van der Waals surface area contributed by atoms with Crippen LogP contribution >= 0.6 is 27.5 Å². The van der Waals surface area contributed by atoms with Crippen molar-refractivity contribution in [2.45, 2.75) is 52.4 Å². The summed E-state index contributed by atoms with van der Waals surface area (Å²) in [4.78, 5) is 9.00. The molecule has 0 atom stereocenters. The number of aryl methyl sites for hydroxylation is 1. The number of nitrogens with two attached hydrogens (primary N) is 1. The van der Waals surface area contributed by atoms with E-state index in [2.05, 4.69) is 70.2 Å². The second-order valence-electron chi connectivity index (χ2n) is 7.64. The molecule has 0 amide bonds. The van der Waals surface area contributed by atoms with Gasteiger partial charge in [0.05, 0.1) is 28.3 Å². The fraction of sp³-hybridized carbons (Fsp3) is 0.435. The smallest absolute Gasteiger partial charge is 0.109 e. The topological polar surface area (TPSA) is 45.4 Å². The zero-order chi connectivity index (χ0) is 21.1. The highest BCUT2D eigenvalue weighted by atomic mass is 79.9. The lowest BCUT2D eigenvalue weighted by molar-refractivity contribution is 0.639. The maximum Gasteiger partial charge on any atom is 0.109 e. The van der Waals surface area contributed by atoms with Crippen LogP contribution < -0.4 is 15.5 Å². The zero-order valence-electron chi connectivity index (χ0n) is 17.5. The SMILES string of the molecule is C=C1N(c2cnc(Br)c(C)c2)CCCCN1c1c(C(CC)CC)ccc(Cl)c1N. The summed E-state index contributed by atoms with van der Waals surface area (Å²) >= 11 is 9.96. The van der Waals surface area contributed by atoms with Gasteiger partial charge in [0, 0.05) is 13.1 Å². The summed E-state index contributed by atoms with van der Waals surface area (Å²) in [5.74, 6) is 1.36. The van der Waals surface area contributed by atoms with Crippen molar-refractivity contribution in [3.63, 3.8) is 0 Å². The van der Waals surface area contributed by atoms with E-state index in [0.29, 0.717) is 16.6 Å². The molecule has 0 aliphatic carbocycles. The molecule has 3 rings (SSSR count). The van der Waals surface area contributed by atoms with Crippen molar-refractivity contribution in [2.75, 3.05) is 28.6 Å². The third-order valence-corrected chi connectivity index (χ3v) is 7.00. The lowest BCUT2D eigenvalue weighted by atomic mass is 9.91. The summed E-state index contributed by atoms with van der Waals surface area (Å²) in [5, 5.41) is 0.597. The molecular formula is C23H30BrClN4. The number of benzene rings is 1. The number of rotatable bonds is 5. The number of nitrogen functional groups attached to an aromatic ring is 1. The standard InChI is InChI=1S/C23H30BrClN4/c1-5-17(6-2)19-9-10-20(25)21(26)22(19)29-12-8-7-11-28(16(29)4)18-13-15(3)23(24)27-14-18/h9-10,13-14,17H,4-8,11-12,26H2,1-3H3. The van der Waals surface area contributed by atoms with E-state index in [1.807, 2.05) is 12.3 Å². The average molecular weight is 478 g/mol. The molecule has 6 heteroatoms. The van der Waals surface area contributed by atoms with Gasteiger partial charge >= 0.3 is 0 Å². The maximum absolute atomic E-state index is 6.55. The van der Waals surface area contributed by atoms with Crippen molar-refractivity contribution < 1.29 is 0 Å². The van der Waals surface area contributed by atoms with Crippen molar-refractivity contribution in [3.05, 3.63) is 57.5 Å². The Morgan fingerprint density at radius 3 is 2.48 bits per heavy atom. The van der Waals surface area contributed by atoms with Crippen LogP contribution in [-0.4, -0.2) is 18.1 Å². The van der Waals surface area contributed by atoms with Crippen LogP contribution in [0.4, 0.5) is 17.1 Å². The van der Waals surface area contributed by atoms with E-state index in [4.69, 9.17) is 17.3 Å². The molecule has 2 N–H and O–H groups in total. The van der Waals surface area contributed by atoms with Crippen LogP contribution in [0.25, 0.3) is 0 Å². The first-order valence-corrected chi connectivity index (χ1v) is 11.5. The Morgan fingerprint density at radius 1 is 1.21 bits per heavy atom. The molecule has 29 heavy (non-hydrogen) atoms. The summed E-state index contributed by atoms with van der Waals surface area (Å²) in [6.45, 7) is 12.8. The van der Waals surface area contributed by atoms with Crippen LogP contribution in [0.1, 0.15) is 56.6 Å². The van der Waals surface area contributed by atoms with E-state index in [0.717, 1.165) is 66.1 Å². The molecule has 0 unspecified atom stereocenters. The quantitative estimate of drug-likeness (QED) is 0.377. The highest BCUT2D eigenvalue weighted by Gasteiger charge is 2.27. The van der Waals surface area contributed by atoms with Gasteiger partial charge in [-0.2, -0.15) is 0 Å². The zero-order valence-corrected chi connectivity index (χ0v) is 19.9. The Labute approximate surface area is 187 Å². The normalized spacial score (nSPS) is 15.2. The highest BCUT2D eigenvalue weighted by Crippen LogP contribution is 2.42. The summed E-state index contributed by atoms with van der Waals surface area (Å²) < 4.78 is 0.869. The van der Waals surface area contributed by atoms with Gasteiger partial charge in [0.15, 0.2) is 0 Å². The summed E-state index contributed by atoms with van der Waals surface area (Å²) in [6, 6.07) is 6.21. The van der Waals surface area contributed by atoms with Gasteiger partial charge in [-0.1, -0.05) is 38.1 Å². The monoisotopic (exact) mass is 476 g/mol. The fourth-order valence-electron chi connectivity index (χ4n) is 4.11. The number of nitrogens with zero attached hydrogens (tertiary/aromatic N) is 3. The number of hydrogen-bond acceptors (Lipinski definition) is 4. The first-order valence-electron chi connectivity index (χ1n) is 10.3. The molecule has 0 spiro atoms. The van der Waals surface area contributed by atoms with Crippen molar-refractivity contribution in [1.29, 1.82) is 0 Å². The van der Waals surface area contributed by atoms with E-state index in [1.165, 1.54) is 5.56 Å². The molecule has 1 saturated heterocycles. The largest absolute Gasteiger partial charge is 0.396 e. The molecule has 1 aliphatic heterocycles. The van der Waals surface area contributed by atoms with E-state index >= 15 is 0 Å². The van der Waals surface area contributed by atoms with Gasteiger partial charge in [0.2, 0.25) is 0 Å². The van der Waals surface area contributed by atoms with Crippen molar-refractivity contribution >= 4 is 44.6 Å². The maximum atomic E-state index is 6.55. The molecule has 1 aromatic carbocycles. The lowest BCUT2D eigenvalue weighted by Crippen LogP contribution is -2.34. The molecule has 0 bridgehead atoms. The van der Waals surface area contributed by atoms with Gasteiger partial charge in [-0.25, -0.2) is 4.98 Å². The molecular weight excluding hydrogens is 448 g/mol. The Balaban J connectivity index is 2.09. The van der Waals surface area contributed by atoms with E-state index in [1.54, 1.807) is 0 Å². The second-order valence-corrected chi connectivity index (χ2v) is 8.80. The first kappa shape index (κ1) is 22.0. The van der Waals surface area contributed by atoms with Crippen molar-refractivity contribution in [3.8, 4) is 0 Å². The first-order chi connectivity index (χ1) is 13.9. The molecule has 156 valence electrons. The number of halogens is 2. The van der Waals surface area contributed by atoms with Gasteiger partial charge in [-0.05, 0) is 77.7 Å². The predicted octanol–water partition coefficient (Wildman–Crippen LogP) is 6.87. The minimum Gasteiger partial charge on any atom is -0.396 e. The molecule has 4 nitrogen and oxygen atoms in total. The molecule has 2 aromatic rings. The lowest BCUT2D eigenvalue weighted by Gasteiger charge is -2.35. The number of hydrogen-bond donors (Lipinski definition) is 1. The van der Waals surface area contributed by atoms with E-state index in [9.17, 15) is 0 Å². The average Bonchev–Trinajstić information content (AvgIpc) is 2.89. The predicted molar refractivity (Wildman–Crippen MR) is 129 cm³/mol. The van der Waals surface area contributed by atoms with Crippen LogP contribution in [0.2, 0.25) is 5.02 Å². The molecule has 1 fully saturated rings. The van der Waals surface area contributed by atoms with Crippen LogP contribution in [0.3, 0.4) is 0 Å². The highest BCUT2D eigenvalue weighted by molar-refractivity contribution is 9.10. The van der Waals surface area contributed by atoms with Gasteiger partial charge in [-0.3, -0.25) is 0 Å². The number of anilines is 3. The minimum atomic E-state index is 0.436. The molecule has 1 aromatic heterocycles. The van der Waals surface area contributed by atoms with Crippen LogP contribution in [0, 0.1) is 6.92 Å². The third-order valence-electron chi connectivity index (χ3n) is 5.84. The molecule has 2 heterocycles. The van der Waals surface area contributed by atoms with Crippen LogP contribution in [0.5, 0.6) is 0 Å². The fourth-order valence-corrected chi connectivity index (χ4v) is 4.48. The van der Waals surface area contributed by atoms with Gasteiger partial charge in [-0.15, -0.1) is 0 Å². The van der Waals surface area contributed by atoms with Gasteiger partial charge in [0.25, 0.3) is 0 Å². The van der Waals surface area contributed by atoms with Gasteiger partial charge < -0.3 is 15.5 Å². The Hall–Kier alpha value is -1.72. The summed E-state index contributed by atoms with van der Waals surface area (Å²) in [6.07, 6.45) is 6.15. The summed E-state index contributed by atoms with van der Waals surface area (Å²) in [5.41, 5.74) is 11.6. The number of aromatic nitrogens is 1. The molecule has 0 saturated carbocycles. The van der Waals surface area contributed by atoms with Crippen LogP contribution in [0.15, 0.2) is 41.4 Å². The Bertz CT molecular complexity index is 895. The second kappa shape index (κ2) is 9.40. The van der Waals surface area contributed by atoms with Crippen molar-refractivity contribution in [1.82, 2.24) is 4.98 Å². The van der Waals surface area contributed by atoms with E-state index < -0.39 is 0 Å². The third kappa shape index (κ3) is 4.41. The van der Waals surface area contributed by atoms with Crippen LogP contribution in [-0.2, 0) is 0 Å². The van der Waals surface area contributed by atoms with Crippen molar-refractivity contribution in [2.24, 2.45) is 0 Å². The molecule has 1 aliphatic rings. The summed E-state index contributed by atoms with van der Waals surface area (Å²) in [7, 11) is 0. The Morgan fingerprint density at radius 2 is 1.86 bits per heavy atom. The Kier molecular flexibility index (Phi) is 7.12. The van der Waals surface area contributed by atoms with Gasteiger partial charge in [0.1, 0.15) is 10.4 Å². The number of pyridine rings is 1. The minimum absolute atomic E-state index is 0.436. The molecule has 0 radical (unpaired) electrons.